The molecule has 2 aromatic carbocycles. The maximum atomic E-state index is 11.7. The van der Waals surface area contributed by atoms with Gasteiger partial charge in [0.25, 0.3) is 11.6 Å². The largest absolute Gasteiger partial charge is 0.504 e. The molecule has 0 spiro atoms. The highest BCUT2D eigenvalue weighted by molar-refractivity contribution is 5.51. The summed E-state index contributed by atoms with van der Waals surface area (Å²) in [7, 11) is 1.48. The fourth-order valence-corrected chi connectivity index (χ4v) is 8.95. The number of phenolic OH excluding ortho intramolecular Hbond substituents is 3. The maximum Gasteiger partial charge on any atom is 0.260 e. The molecule has 51 heavy (non-hydrogen) atoms. The molecule has 2 aliphatic heterocycles. The van der Waals surface area contributed by atoms with Crippen molar-refractivity contribution in [3.05, 3.63) is 47.5 Å². The lowest BCUT2D eigenvalue weighted by atomic mass is 9.75. The monoisotopic (exact) mass is 712 g/mol. The molecule has 0 radical (unpaired) electrons. The van der Waals surface area contributed by atoms with Crippen molar-refractivity contribution in [3.63, 3.8) is 0 Å². The highest BCUT2D eigenvalue weighted by Crippen LogP contribution is 2.58. The minimum Gasteiger partial charge on any atom is -0.504 e. The molecule has 10 nitrogen and oxygen atoms in total. The average Bonchev–Trinajstić information content (AvgIpc) is 3.74. The van der Waals surface area contributed by atoms with Crippen molar-refractivity contribution in [2.24, 2.45) is 35.5 Å². The quantitative estimate of drug-likeness (QED) is 0.190. The van der Waals surface area contributed by atoms with E-state index in [0.29, 0.717) is 41.1 Å². The molecule has 2 saturated heterocycles. The van der Waals surface area contributed by atoms with Gasteiger partial charge in [-0.1, -0.05) is 60.5 Å². The summed E-state index contributed by atoms with van der Waals surface area (Å²) in [6.07, 6.45) is 5.74. The Hall–Kier alpha value is -2.60. The number of methoxy groups -OCH3 is 1. The first-order valence-electron chi connectivity index (χ1n) is 19.1. The summed E-state index contributed by atoms with van der Waals surface area (Å²) in [5.74, 6) is -1.26. The van der Waals surface area contributed by atoms with Crippen molar-refractivity contribution in [1.29, 1.82) is 0 Å². The molecular formula is C41H60O10. The van der Waals surface area contributed by atoms with Gasteiger partial charge in [-0.2, -0.15) is 0 Å². The SMILES string of the molecule is COc1cccc(C2(C3(c4ccc(O)c(O)c4)OCC(COC4CC(C)CCC4C(C)C)O3)OCC(COC3CC(C)CCC3C(C)C)O2)c1O. The maximum absolute atomic E-state index is 11.7. The molecule has 10 heteroatoms. The van der Waals surface area contributed by atoms with Gasteiger partial charge in [-0.3, -0.25) is 0 Å². The number of hydrogen-bond donors (Lipinski definition) is 3. The Kier molecular flexibility index (Phi) is 11.8. The number of ether oxygens (including phenoxy) is 7. The molecule has 3 N–H and O–H groups in total. The molecule has 10 unspecified atom stereocenters. The van der Waals surface area contributed by atoms with Crippen molar-refractivity contribution >= 4 is 0 Å². The van der Waals surface area contributed by atoms with Crippen molar-refractivity contribution in [2.45, 2.75) is 116 Å². The molecule has 0 aromatic heterocycles. The molecule has 10 atom stereocenters. The molecule has 6 rings (SSSR count). The van der Waals surface area contributed by atoms with Gasteiger partial charge in [0.1, 0.15) is 12.2 Å². The molecule has 2 saturated carbocycles. The molecule has 0 bridgehead atoms. The van der Waals surface area contributed by atoms with Crippen molar-refractivity contribution in [2.75, 3.05) is 33.5 Å². The number of rotatable bonds is 12. The third-order valence-electron chi connectivity index (χ3n) is 11.9. The van der Waals surface area contributed by atoms with Gasteiger partial charge in [0.15, 0.2) is 23.0 Å². The highest BCUT2D eigenvalue weighted by atomic mass is 16.8. The topological polar surface area (TPSA) is 125 Å². The van der Waals surface area contributed by atoms with Gasteiger partial charge in [-0.05, 0) is 91.5 Å². The second kappa shape index (κ2) is 15.8. The zero-order valence-corrected chi connectivity index (χ0v) is 31.5. The van der Waals surface area contributed by atoms with E-state index in [2.05, 4.69) is 41.5 Å². The van der Waals surface area contributed by atoms with Crippen LogP contribution in [0.1, 0.15) is 91.2 Å². The number of para-hydroxylation sites is 1. The number of aromatic hydroxyl groups is 3. The van der Waals surface area contributed by atoms with Crippen LogP contribution in [0, 0.1) is 35.5 Å². The standard InChI is InChI=1S/C41H60O10/c1-24(2)31-14-11-26(5)17-37(31)46-20-29-22-48-40(50-29,28-13-16-34(42)35(43)19-28)41(33-9-8-10-36(45-7)39(33)44)49-23-30(51-41)21-47-38-18-27(6)12-15-32(38)25(3)4/h8-10,13,16,19,24-27,29-32,37-38,42-44H,11-12,14-15,17-18,20-23H2,1-7H3. The highest BCUT2D eigenvalue weighted by Gasteiger charge is 2.67. The average molecular weight is 713 g/mol. The smallest absolute Gasteiger partial charge is 0.260 e. The zero-order valence-electron chi connectivity index (χ0n) is 31.5. The third kappa shape index (κ3) is 7.60. The van der Waals surface area contributed by atoms with E-state index in [1.807, 2.05) is 0 Å². The van der Waals surface area contributed by atoms with Crippen LogP contribution < -0.4 is 4.74 Å². The first kappa shape index (κ1) is 38.1. The van der Waals surface area contributed by atoms with Crippen LogP contribution >= 0.6 is 0 Å². The lowest BCUT2D eigenvalue weighted by Crippen LogP contribution is -2.52. The van der Waals surface area contributed by atoms with Gasteiger partial charge in [-0.15, -0.1) is 0 Å². The predicted octanol–water partition coefficient (Wildman–Crippen LogP) is 7.60. The summed E-state index contributed by atoms with van der Waals surface area (Å²) in [6, 6.07) is 9.49. The van der Waals surface area contributed by atoms with Crippen LogP contribution in [0.4, 0.5) is 0 Å². The molecule has 4 aliphatic rings. The Morgan fingerprint density at radius 1 is 0.725 bits per heavy atom. The van der Waals surface area contributed by atoms with Crippen LogP contribution in [0.5, 0.6) is 23.0 Å². The third-order valence-corrected chi connectivity index (χ3v) is 11.9. The Morgan fingerprint density at radius 3 is 1.80 bits per heavy atom. The molecule has 284 valence electrons. The zero-order chi connectivity index (χ0) is 36.5. The van der Waals surface area contributed by atoms with E-state index < -0.39 is 23.8 Å². The van der Waals surface area contributed by atoms with Gasteiger partial charge < -0.3 is 48.5 Å². The van der Waals surface area contributed by atoms with Crippen LogP contribution in [0.3, 0.4) is 0 Å². The van der Waals surface area contributed by atoms with Crippen LogP contribution in [0.2, 0.25) is 0 Å². The van der Waals surface area contributed by atoms with Gasteiger partial charge in [-0.25, -0.2) is 0 Å². The fourth-order valence-electron chi connectivity index (χ4n) is 8.95. The Bertz CT molecular complexity index is 1460. The van der Waals surface area contributed by atoms with E-state index in [1.165, 1.54) is 32.1 Å². The number of hydrogen-bond acceptors (Lipinski definition) is 10. The molecule has 4 fully saturated rings. The summed E-state index contributed by atoms with van der Waals surface area (Å²) >= 11 is 0. The molecule has 0 amide bonds. The second-order valence-corrected chi connectivity index (χ2v) is 16.3. The van der Waals surface area contributed by atoms with Crippen LogP contribution in [-0.2, 0) is 40.0 Å². The van der Waals surface area contributed by atoms with Crippen molar-refractivity contribution < 1.29 is 48.5 Å². The molecular weight excluding hydrogens is 652 g/mol. The summed E-state index contributed by atoms with van der Waals surface area (Å²) < 4.78 is 46.1. The Balaban J connectivity index is 1.35. The second-order valence-electron chi connectivity index (χ2n) is 16.3. The first-order valence-corrected chi connectivity index (χ1v) is 19.1. The van der Waals surface area contributed by atoms with Crippen LogP contribution in [0.15, 0.2) is 36.4 Å². The Morgan fingerprint density at radius 2 is 1.27 bits per heavy atom. The van der Waals surface area contributed by atoms with Crippen molar-refractivity contribution in [3.8, 4) is 23.0 Å². The van der Waals surface area contributed by atoms with Crippen LogP contribution in [-0.4, -0.2) is 73.3 Å². The summed E-state index contributed by atoms with van der Waals surface area (Å²) in [6.45, 7) is 14.4. The van der Waals surface area contributed by atoms with E-state index in [-0.39, 0.29) is 67.2 Å². The van der Waals surface area contributed by atoms with Crippen molar-refractivity contribution in [1.82, 2.24) is 0 Å². The molecule has 2 heterocycles. The van der Waals surface area contributed by atoms with E-state index in [4.69, 9.17) is 33.2 Å². The van der Waals surface area contributed by atoms with Gasteiger partial charge >= 0.3 is 0 Å². The molecule has 2 aliphatic carbocycles. The predicted molar refractivity (Wildman–Crippen MR) is 192 cm³/mol. The lowest BCUT2D eigenvalue weighted by Gasteiger charge is -2.43. The normalized spacial score (nSPS) is 35.9. The van der Waals surface area contributed by atoms with Gasteiger partial charge in [0.05, 0.1) is 51.3 Å². The summed E-state index contributed by atoms with van der Waals surface area (Å²) in [4.78, 5) is 0. The summed E-state index contributed by atoms with van der Waals surface area (Å²) in [5.41, 5.74) is 0.585. The fraction of sp³-hybridized carbons (Fsp3) is 0.707. The van der Waals surface area contributed by atoms with E-state index in [9.17, 15) is 15.3 Å². The minimum absolute atomic E-state index is 0.0956. The summed E-state index contributed by atoms with van der Waals surface area (Å²) in [5, 5.41) is 32.8. The lowest BCUT2D eigenvalue weighted by molar-refractivity contribution is -0.375. The van der Waals surface area contributed by atoms with E-state index >= 15 is 0 Å². The number of benzene rings is 2. The minimum atomic E-state index is -1.87. The van der Waals surface area contributed by atoms with E-state index in [0.717, 1.165) is 25.7 Å². The first-order chi connectivity index (χ1) is 24.4. The Labute approximate surface area is 303 Å². The molecule has 2 aromatic rings. The van der Waals surface area contributed by atoms with E-state index in [1.54, 1.807) is 24.3 Å². The van der Waals surface area contributed by atoms with Gasteiger partial charge in [0.2, 0.25) is 0 Å². The van der Waals surface area contributed by atoms with Crippen LogP contribution in [0.25, 0.3) is 0 Å². The van der Waals surface area contributed by atoms with Gasteiger partial charge in [0, 0.05) is 5.56 Å². The number of phenols is 3.